The van der Waals surface area contributed by atoms with Gasteiger partial charge in [-0.25, -0.2) is 0 Å². The molecule has 1 aromatic heterocycles. The van der Waals surface area contributed by atoms with Gasteiger partial charge in [-0.15, -0.1) is 0 Å². The zero-order valence-electron chi connectivity index (χ0n) is 7.80. The molecular formula is C9H12N2O. The second kappa shape index (κ2) is 2.63. The molecule has 1 heterocycles. The number of aromatic nitrogens is 1. The Labute approximate surface area is 72.2 Å². The highest BCUT2D eigenvalue weighted by atomic mass is 16.4. The van der Waals surface area contributed by atoms with Crippen molar-refractivity contribution in [2.24, 2.45) is 0 Å². The van der Waals surface area contributed by atoms with Gasteiger partial charge in [-0.3, -0.25) is 0 Å². The Balaban J connectivity index is 3.25. The van der Waals surface area contributed by atoms with E-state index in [1.165, 1.54) is 0 Å². The van der Waals surface area contributed by atoms with Crippen molar-refractivity contribution in [1.29, 1.82) is 0 Å². The minimum atomic E-state index is -0.138. The molecule has 0 fully saturated rings. The first-order chi connectivity index (χ1) is 5.45. The van der Waals surface area contributed by atoms with Crippen molar-refractivity contribution in [3.63, 3.8) is 0 Å². The predicted molar refractivity (Wildman–Crippen MR) is 46.2 cm³/mol. The number of hydrogen-bond acceptors (Lipinski definition) is 2. The first-order valence-electron chi connectivity index (χ1n) is 3.80. The van der Waals surface area contributed by atoms with Gasteiger partial charge in [0.25, 0.3) is 5.89 Å². The Kier molecular flexibility index (Phi) is 1.93. The van der Waals surface area contributed by atoms with E-state index in [1.54, 1.807) is 6.92 Å². The van der Waals surface area contributed by atoms with E-state index in [-0.39, 0.29) is 5.41 Å². The van der Waals surface area contributed by atoms with Crippen LogP contribution < -0.4 is 0 Å². The fraction of sp³-hybridized carbons (Fsp3) is 0.556. The summed E-state index contributed by atoms with van der Waals surface area (Å²) in [5.74, 6) is 1.63. The first kappa shape index (κ1) is 8.79. The molecule has 0 amide bonds. The van der Waals surface area contributed by atoms with Crippen molar-refractivity contribution < 1.29 is 4.42 Å². The van der Waals surface area contributed by atoms with Crippen molar-refractivity contribution in [2.45, 2.75) is 33.1 Å². The molecule has 12 heavy (non-hydrogen) atoms. The molecule has 0 saturated heterocycles. The Morgan fingerprint density at radius 2 is 2.00 bits per heavy atom. The minimum absolute atomic E-state index is 0.138. The molecule has 0 radical (unpaired) electrons. The summed E-state index contributed by atoms with van der Waals surface area (Å²) >= 11 is 0. The van der Waals surface area contributed by atoms with E-state index in [0.29, 0.717) is 17.5 Å². The van der Waals surface area contributed by atoms with E-state index in [1.807, 2.05) is 20.8 Å². The smallest absolute Gasteiger partial charge is 0.312 e. The maximum atomic E-state index is 6.88. The predicted octanol–water partition coefficient (Wildman–Crippen LogP) is 2.83. The van der Waals surface area contributed by atoms with E-state index in [2.05, 4.69) is 9.83 Å². The van der Waals surface area contributed by atoms with Crippen molar-refractivity contribution in [3.05, 3.63) is 23.1 Å². The molecule has 0 aliphatic rings. The van der Waals surface area contributed by atoms with Crippen molar-refractivity contribution in [3.8, 4) is 0 Å². The molecule has 3 nitrogen and oxygen atoms in total. The van der Waals surface area contributed by atoms with Gasteiger partial charge in [-0.05, 0) is 0 Å². The second-order valence-corrected chi connectivity index (χ2v) is 3.75. The lowest BCUT2D eigenvalue weighted by molar-refractivity contribution is 0.394. The van der Waals surface area contributed by atoms with Crippen LogP contribution in [0.2, 0.25) is 0 Å². The van der Waals surface area contributed by atoms with E-state index >= 15 is 0 Å². The molecule has 0 atom stereocenters. The normalized spacial score (nSPS) is 11.2. The third-order valence-electron chi connectivity index (χ3n) is 1.50. The topological polar surface area (TPSA) is 30.4 Å². The van der Waals surface area contributed by atoms with Crippen molar-refractivity contribution in [2.75, 3.05) is 0 Å². The molecule has 0 spiro atoms. The molecule has 0 aliphatic carbocycles. The van der Waals surface area contributed by atoms with E-state index in [0.717, 1.165) is 0 Å². The Morgan fingerprint density at radius 3 is 2.33 bits per heavy atom. The van der Waals surface area contributed by atoms with E-state index < -0.39 is 0 Å². The Hall–Kier alpha value is -1.30. The lowest BCUT2D eigenvalue weighted by Gasteiger charge is -2.14. The van der Waals surface area contributed by atoms with Crippen LogP contribution in [0.4, 0.5) is 5.82 Å². The molecule has 0 aromatic carbocycles. The molecule has 0 saturated carbocycles. The monoisotopic (exact) mass is 164 g/mol. The summed E-state index contributed by atoms with van der Waals surface area (Å²) in [5.41, 5.74) is -0.138. The summed E-state index contributed by atoms with van der Waals surface area (Å²) in [6.45, 7) is 14.6. The maximum Gasteiger partial charge on any atom is 0.312 e. The average molecular weight is 164 g/mol. The zero-order chi connectivity index (χ0) is 9.35. The summed E-state index contributed by atoms with van der Waals surface area (Å²) in [6, 6.07) is 0. The number of hydrogen-bond donors (Lipinski definition) is 0. The highest BCUT2D eigenvalue weighted by Gasteiger charge is 2.24. The molecule has 1 aromatic rings. The molecule has 3 heteroatoms. The second-order valence-electron chi connectivity index (χ2n) is 3.75. The van der Waals surface area contributed by atoms with Crippen LogP contribution >= 0.6 is 0 Å². The molecular weight excluding hydrogens is 152 g/mol. The van der Waals surface area contributed by atoms with Gasteiger partial charge in [0.2, 0.25) is 0 Å². The summed E-state index contributed by atoms with van der Waals surface area (Å²) < 4.78 is 5.35. The van der Waals surface area contributed by atoms with Gasteiger partial charge in [-0.2, -0.15) is 0 Å². The molecule has 64 valence electrons. The number of rotatable bonds is 0. The summed E-state index contributed by atoms with van der Waals surface area (Å²) in [5, 5.41) is 0. The van der Waals surface area contributed by atoms with Crippen LogP contribution in [0.15, 0.2) is 4.42 Å². The highest BCUT2D eigenvalue weighted by molar-refractivity contribution is 5.43. The van der Waals surface area contributed by atoms with Gasteiger partial charge in [0.15, 0.2) is 0 Å². The Bertz CT molecular complexity index is 325. The summed E-state index contributed by atoms with van der Waals surface area (Å²) in [6.07, 6.45) is 0. The Morgan fingerprint density at radius 1 is 1.42 bits per heavy atom. The fourth-order valence-corrected chi connectivity index (χ4v) is 0.980. The number of oxazole rings is 1. The van der Waals surface area contributed by atoms with Crippen LogP contribution in [-0.4, -0.2) is 4.98 Å². The highest BCUT2D eigenvalue weighted by Crippen LogP contribution is 2.31. The third-order valence-corrected chi connectivity index (χ3v) is 1.50. The first-order valence-corrected chi connectivity index (χ1v) is 3.80. The lowest BCUT2D eigenvalue weighted by Crippen LogP contribution is -2.09. The van der Waals surface area contributed by atoms with Gasteiger partial charge in [0, 0.05) is 12.3 Å². The minimum Gasteiger partial charge on any atom is -0.439 e. The van der Waals surface area contributed by atoms with Gasteiger partial charge in [0.05, 0.1) is 0 Å². The SMILES string of the molecule is [C-]#[N+]c1nc(C)oc1C(C)(C)C. The van der Waals surface area contributed by atoms with Crippen LogP contribution in [0.1, 0.15) is 32.4 Å². The summed E-state index contributed by atoms with van der Waals surface area (Å²) in [4.78, 5) is 7.28. The molecule has 0 N–H and O–H groups in total. The van der Waals surface area contributed by atoms with E-state index in [9.17, 15) is 0 Å². The maximum absolute atomic E-state index is 6.88. The standard InChI is InChI=1S/C9H12N2O/c1-6-11-8(10-5)7(12-6)9(2,3)4/h1-4H3. The average Bonchev–Trinajstić information content (AvgIpc) is 2.29. The van der Waals surface area contributed by atoms with Crippen molar-refractivity contribution in [1.82, 2.24) is 4.98 Å². The van der Waals surface area contributed by atoms with Crippen LogP contribution in [0.25, 0.3) is 4.85 Å². The number of nitrogens with zero attached hydrogens (tertiary/aromatic N) is 2. The number of aryl methyl sites for hydroxylation is 1. The fourth-order valence-electron chi connectivity index (χ4n) is 0.980. The van der Waals surface area contributed by atoms with Crippen LogP contribution in [-0.2, 0) is 5.41 Å². The van der Waals surface area contributed by atoms with Gasteiger partial charge < -0.3 is 9.26 Å². The van der Waals surface area contributed by atoms with Gasteiger partial charge >= 0.3 is 5.82 Å². The molecule has 0 unspecified atom stereocenters. The van der Waals surface area contributed by atoms with Gasteiger partial charge in [-0.1, -0.05) is 32.3 Å². The molecule has 0 aliphatic heterocycles. The van der Waals surface area contributed by atoms with Crippen LogP contribution in [0.5, 0.6) is 0 Å². The molecule has 1 rings (SSSR count). The van der Waals surface area contributed by atoms with Crippen LogP contribution in [0.3, 0.4) is 0 Å². The van der Waals surface area contributed by atoms with E-state index in [4.69, 9.17) is 11.0 Å². The zero-order valence-corrected chi connectivity index (χ0v) is 7.80. The molecule has 0 bridgehead atoms. The quantitative estimate of drug-likeness (QED) is 0.552. The van der Waals surface area contributed by atoms with Crippen molar-refractivity contribution >= 4 is 5.82 Å². The van der Waals surface area contributed by atoms with Crippen LogP contribution in [0, 0.1) is 13.5 Å². The largest absolute Gasteiger partial charge is 0.439 e. The van der Waals surface area contributed by atoms with Gasteiger partial charge in [0.1, 0.15) is 5.76 Å². The summed E-state index contributed by atoms with van der Waals surface area (Å²) in [7, 11) is 0. The third kappa shape index (κ3) is 1.48. The lowest BCUT2D eigenvalue weighted by atomic mass is 9.93.